The molecular weight excluding hydrogens is 421 g/mol. The number of amides is 1. The molecule has 0 atom stereocenters. The van der Waals surface area contributed by atoms with Gasteiger partial charge in [0.1, 0.15) is 11.3 Å². The predicted octanol–water partition coefficient (Wildman–Crippen LogP) is 3.00. The molecule has 0 N–H and O–H groups in total. The largest absolute Gasteiger partial charge is 0.336 e. The monoisotopic (exact) mass is 447 g/mol. The maximum atomic E-state index is 13.8. The first kappa shape index (κ1) is 21.3. The fourth-order valence-corrected chi connectivity index (χ4v) is 4.60. The first-order valence-corrected chi connectivity index (χ1v) is 11.3. The zero-order chi connectivity index (χ0) is 22.9. The third kappa shape index (κ3) is 4.02. The number of hydrogen-bond donors (Lipinski definition) is 0. The van der Waals surface area contributed by atoms with Crippen LogP contribution in [0.2, 0.25) is 0 Å². The second-order valence-electron chi connectivity index (χ2n) is 8.49. The molecule has 0 bridgehead atoms. The number of halogens is 1. The number of carbonyl (C=O) groups is 1. The molecule has 0 spiro atoms. The summed E-state index contributed by atoms with van der Waals surface area (Å²) in [4.78, 5) is 30.8. The van der Waals surface area contributed by atoms with E-state index in [2.05, 4.69) is 16.9 Å². The van der Waals surface area contributed by atoms with Gasteiger partial charge in [-0.25, -0.2) is 8.91 Å². The van der Waals surface area contributed by atoms with Crippen LogP contribution in [0.3, 0.4) is 0 Å². The zero-order valence-electron chi connectivity index (χ0n) is 18.6. The summed E-state index contributed by atoms with van der Waals surface area (Å²) in [5, 5.41) is 4.30. The van der Waals surface area contributed by atoms with E-state index in [1.807, 2.05) is 11.0 Å². The van der Waals surface area contributed by atoms with Gasteiger partial charge in [0.25, 0.3) is 11.5 Å². The highest BCUT2D eigenvalue weighted by Gasteiger charge is 2.23. The second kappa shape index (κ2) is 8.78. The van der Waals surface area contributed by atoms with Crippen molar-refractivity contribution in [1.82, 2.24) is 24.0 Å². The molecule has 5 rings (SSSR count). The molecule has 1 aliphatic heterocycles. The summed E-state index contributed by atoms with van der Waals surface area (Å²) < 4.78 is 17.0. The molecule has 1 amide bonds. The molecular formula is C25H26FN5O2. The Kier molecular flexibility index (Phi) is 5.68. The van der Waals surface area contributed by atoms with Crippen molar-refractivity contribution in [3.05, 3.63) is 82.0 Å². The van der Waals surface area contributed by atoms with E-state index < -0.39 is 0 Å². The van der Waals surface area contributed by atoms with Gasteiger partial charge in [-0.2, -0.15) is 5.10 Å². The summed E-state index contributed by atoms with van der Waals surface area (Å²) in [5.41, 5.74) is 2.72. The van der Waals surface area contributed by atoms with Gasteiger partial charge in [0.2, 0.25) is 0 Å². The summed E-state index contributed by atoms with van der Waals surface area (Å²) in [6.45, 7) is 6.51. The van der Waals surface area contributed by atoms with Crippen molar-refractivity contribution in [3.63, 3.8) is 0 Å². The number of aromatic nitrogens is 3. The van der Waals surface area contributed by atoms with E-state index in [0.717, 1.165) is 31.6 Å². The topological polar surface area (TPSA) is 62.8 Å². The van der Waals surface area contributed by atoms with Crippen LogP contribution in [-0.4, -0.2) is 62.6 Å². The van der Waals surface area contributed by atoms with Gasteiger partial charge in [-0.3, -0.25) is 14.5 Å². The molecule has 170 valence electrons. The van der Waals surface area contributed by atoms with Crippen LogP contribution in [0.4, 0.5) is 4.39 Å². The third-order valence-corrected chi connectivity index (χ3v) is 6.28. The van der Waals surface area contributed by atoms with Crippen LogP contribution in [0.25, 0.3) is 16.6 Å². The van der Waals surface area contributed by atoms with Crippen LogP contribution in [0.1, 0.15) is 29.3 Å². The van der Waals surface area contributed by atoms with Gasteiger partial charge in [0.05, 0.1) is 23.8 Å². The highest BCUT2D eigenvalue weighted by molar-refractivity contribution is 5.97. The number of hydrogen-bond acceptors (Lipinski definition) is 4. The Bertz CT molecular complexity index is 1380. The van der Waals surface area contributed by atoms with Crippen LogP contribution in [0.15, 0.2) is 59.5 Å². The summed E-state index contributed by atoms with van der Waals surface area (Å²) in [5.74, 6) is -0.397. The average molecular weight is 448 g/mol. The van der Waals surface area contributed by atoms with E-state index in [1.54, 1.807) is 45.6 Å². The zero-order valence-corrected chi connectivity index (χ0v) is 18.6. The molecule has 3 heterocycles. The minimum Gasteiger partial charge on any atom is -0.336 e. The van der Waals surface area contributed by atoms with Crippen LogP contribution in [0, 0.1) is 5.82 Å². The summed E-state index contributed by atoms with van der Waals surface area (Å²) in [6, 6.07) is 13.3. The molecule has 0 saturated carbocycles. The normalized spacial score (nSPS) is 14.9. The van der Waals surface area contributed by atoms with E-state index in [0.29, 0.717) is 35.2 Å². The average Bonchev–Trinajstić information content (AvgIpc) is 3.32. The molecule has 7 nitrogen and oxygen atoms in total. The second-order valence-corrected chi connectivity index (χ2v) is 8.49. The van der Waals surface area contributed by atoms with Crippen LogP contribution in [-0.2, 0) is 6.54 Å². The Morgan fingerprint density at radius 2 is 1.82 bits per heavy atom. The number of carbonyl (C=O) groups excluding carboxylic acids is 1. The molecule has 1 saturated heterocycles. The number of piperazine rings is 1. The molecule has 0 aliphatic carbocycles. The molecule has 1 aliphatic rings. The molecule has 2 aromatic carbocycles. The van der Waals surface area contributed by atoms with Gasteiger partial charge in [-0.1, -0.05) is 19.1 Å². The number of rotatable bonds is 5. The lowest BCUT2D eigenvalue weighted by atomic mass is 10.1. The molecule has 1 fully saturated rings. The van der Waals surface area contributed by atoms with Crippen molar-refractivity contribution in [2.24, 2.45) is 0 Å². The number of benzene rings is 2. The van der Waals surface area contributed by atoms with E-state index in [1.165, 1.54) is 12.1 Å². The number of nitrogens with zero attached hydrogens (tertiary/aromatic N) is 5. The van der Waals surface area contributed by atoms with Crippen molar-refractivity contribution >= 4 is 22.5 Å². The SMILES string of the molecule is CCCN1CCN(C(=O)c2ccc3c(c2)n(Cc2cccc(F)c2)c(=O)c2ccnn23)CC1. The van der Waals surface area contributed by atoms with Gasteiger partial charge in [0, 0.05) is 31.7 Å². The number of fused-ring (bicyclic) bond motifs is 3. The molecule has 8 heteroatoms. The fraction of sp³-hybridized carbons (Fsp3) is 0.320. The maximum absolute atomic E-state index is 13.8. The fourth-order valence-electron chi connectivity index (χ4n) is 4.60. The summed E-state index contributed by atoms with van der Waals surface area (Å²) >= 11 is 0. The van der Waals surface area contributed by atoms with Gasteiger partial charge < -0.3 is 9.47 Å². The van der Waals surface area contributed by atoms with E-state index >= 15 is 0 Å². The maximum Gasteiger partial charge on any atom is 0.277 e. The Labute approximate surface area is 190 Å². The van der Waals surface area contributed by atoms with Crippen molar-refractivity contribution in [2.45, 2.75) is 19.9 Å². The third-order valence-electron chi connectivity index (χ3n) is 6.28. The Balaban J connectivity index is 1.56. The minimum atomic E-state index is -0.353. The molecule has 0 unspecified atom stereocenters. The standard InChI is InChI=1S/C25H26FN5O2/c1-2-10-28-11-13-29(14-12-28)24(32)19-6-7-21-23(16-19)30(17-18-4-3-5-20(26)15-18)25(33)22-8-9-27-31(21)22/h3-9,15-16H,2,10-14,17H2,1H3. The van der Waals surface area contributed by atoms with Crippen molar-refractivity contribution in [3.8, 4) is 0 Å². The minimum absolute atomic E-state index is 0.0432. The first-order valence-electron chi connectivity index (χ1n) is 11.3. The van der Waals surface area contributed by atoms with Crippen LogP contribution in [0.5, 0.6) is 0 Å². The van der Waals surface area contributed by atoms with Crippen molar-refractivity contribution < 1.29 is 9.18 Å². The molecule has 2 aromatic heterocycles. The molecule has 0 radical (unpaired) electrons. The lowest BCUT2D eigenvalue weighted by Crippen LogP contribution is -2.48. The Hall–Kier alpha value is -3.52. The lowest BCUT2D eigenvalue weighted by molar-refractivity contribution is 0.0637. The van der Waals surface area contributed by atoms with Gasteiger partial charge in [-0.15, -0.1) is 0 Å². The summed E-state index contributed by atoms with van der Waals surface area (Å²) in [7, 11) is 0. The van der Waals surface area contributed by atoms with Gasteiger partial charge >= 0.3 is 0 Å². The van der Waals surface area contributed by atoms with Gasteiger partial charge in [0.15, 0.2) is 0 Å². The van der Waals surface area contributed by atoms with E-state index in [-0.39, 0.29) is 23.8 Å². The van der Waals surface area contributed by atoms with Crippen molar-refractivity contribution in [1.29, 1.82) is 0 Å². The van der Waals surface area contributed by atoms with Crippen molar-refractivity contribution in [2.75, 3.05) is 32.7 Å². The highest BCUT2D eigenvalue weighted by Crippen LogP contribution is 2.20. The molecule has 33 heavy (non-hydrogen) atoms. The van der Waals surface area contributed by atoms with Crippen LogP contribution >= 0.6 is 0 Å². The molecule has 4 aromatic rings. The van der Waals surface area contributed by atoms with Crippen LogP contribution < -0.4 is 5.56 Å². The summed E-state index contributed by atoms with van der Waals surface area (Å²) in [6.07, 6.45) is 2.68. The van der Waals surface area contributed by atoms with E-state index in [9.17, 15) is 14.0 Å². The van der Waals surface area contributed by atoms with Gasteiger partial charge in [-0.05, 0) is 54.9 Å². The lowest BCUT2D eigenvalue weighted by Gasteiger charge is -2.34. The van der Waals surface area contributed by atoms with E-state index in [4.69, 9.17) is 0 Å². The Morgan fingerprint density at radius 3 is 2.58 bits per heavy atom. The predicted molar refractivity (Wildman–Crippen MR) is 125 cm³/mol. The first-order chi connectivity index (χ1) is 16.0. The highest BCUT2D eigenvalue weighted by atomic mass is 19.1. The quantitative estimate of drug-likeness (QED) is 0.472. The Morgan fingerprint density at radius 1 is 1.00 bits per heavy atom. The smallest absolute Gasteiger partial charge is 0.277 e.